The van der Waals surface area contributed by atoms with Crippen molar-refractivity contribution in [2.24, 2.45) is 0 Å². The molecule has 6 heteroatoms. The molecular formula is C12H15NO5. The van der Waals surface area contributed by atoms with Gasteiger partial charge in [0, 0.05) is 25.7 Å². The van der Waals surface area contributed by atoms with Gasteiger partial charge in [-0.05, 0) is 18.9 Å². The molecule has 0 N–H and O–H groups in total. The number of Topliss-reactive ketones (excluding diaryl/α,β-unsaturated/α-hetero) is 1. The summed E-state index contributed by atoms with van der Waals surface area (Å²) in [5.41, 5.74) is 0.438. The van der Waals surface area contributed by atoms with Crippen LogP contribution in [0.15, 0.2) is 12.2 Å². The maximum atomic E-state index is 11.3. The van der Waals surface area contributed by atoms with Gasteiger partial charge in [0.25, 0.3) is 11.8 Å². The van der Waals surface area contributed by atoms with Crippen LogP contribution in [-0.4, -0.2) is 28.6 Å². The lowest BCUT2D eigenvalue weighted by Crippen LogP contribution is -2.32. The lowest BCUT2D eigenvalue weighted by molar-refractivity contribution is -0.197. The molecule has 0 spiro atoms. The molecule has 1 aliphatic heterocycles. The number of carbonyl (C=O) groups is 4. The number of allylic oxidation sites excluding steroid dienone is 1. The van der Waals surface area contributed by atoms with Gasteiger partial charge in [-0.15, -0.1) is 5.06 Å². The summed E-state index contributed by atoms with van der Waals surface area (Å²) in [5.74, 6) is -1.82. The number of nitrogens with zero attached hydrogens (tertiary/aromatic N) is 1. The van der Waals surface area contributed by atoms with Crippen molar-refractivity contribution in [3.63, 3.8) is 0 Å². The fourth-order valence-corrected chi connectivity index (χ4v) is 1.41. The number of hydroxylamine groups is 2. The molecule has 1 heterocycles. The second-order valence-electron chi connectivity index (χ2n) is 4.10. The summed E-state index contributed by atoms with van der Waals surface area (Å²) in [4.78, 5) is 49.5. The fraction of sp³-hybridized carbons (Fsp3) is 0.500. The largest absolute Gasteiger partial charge is 0.333 e. The zero-order valence-electron chi connectivity index (χ0n) is 10.2. The minimum atomic E-state index is -0.687. The maximum absolute atomic E-state index is 11.3. The van der Waals surface area contributed by atoms with Crippen LogP contribution in [0.2, 0.25) is 0 Å². The third-order valence-electron chi connectivity index (χ3n) is 2.46. The Balaban J connectivity index is 2.30. The van der Waals surface area contributed by atoms with Crippen LogP contribution < -0.4 is 0 Å². The number of amides is 2. The van der Waals surface area contributed by atoms with E-state index in [1.807, 2.05) is 0 Å². The Hall–Kier alpha value is -1.98. The van der Waals surface area contributed by atoms with Gasteiger partial charge in [0.1, 0.15) is 0 Å². The number of hydrogen-bond acceptors (Lipinski definition) is 5. The van der Waals surface area contributed by atoms with Crippen LogP contribution in [0, 0.1) is 0 Å². The van der Waals surface area contributed by atoms with Gasteiger partial charge >= 0.3 is 5.97 Å². The van der Waals surface area contributed by atoms with Gasteiger partial charge < -0.3 is 4.84 Å². The van der Waals surface area contributed by atoms with Crippen LogP contribution in [0.5, 0.6) is 0 Å². The molecular weight excluding hydrogens is 238 g/mol. The summed E-state index contributed by atoms with van der Waals surface area (Å²) >= 11 is 0. The van der Waals surface area contributed by atoms with Crippen molar-refractivity contribution in [3.8, 4) is 0 Å². The Morgan fingerprint density at radius 2 is 1.78 bits per heavy atom. The summed E-state index contributed by atoms with van der Waals surface area (Å²) < 4.78 is 0. The zero-order valence-corrected chi connectivity index (χ0v) is 10.2. The summed E-state index contributed by atoms with van der Waals surface area (Å²) in [5, 5.41) is 0.503. The highest BCUT2D eigenvalue weighted by Gasteiger charge is 2.32. The summed E-state index contributed by atoms with van der Waals surface area (Å²) in [7, 11) is 0. The molecule has 0 aromatic carbocycles. The second-order valence-corrected chi connectivity index (χ2v) is 4.10. The molecule has 0 radical (unpaired) electrons. The van der Waals surface area contributed by atoms with E-state index in [0.29, 0.717) is 17.1 Å². The monoisotopic (exact) mass is 253 g/mol. The fourth-order valence-electron chi connectivity index (χ4n) is 1.41. The quantitative estimate of drug-likeness (QED) is 0.519. The van der Waals surface area contributed by atoms with Gasteiger partial charge in [0.15, 0.2) is 5.78 Å². The highest BCUT2D eigenvalue weighted by molar-refractivity contribution is 6.01. The molecule has 0 bridgehead atoms. The van der Waals surface area contributed by atoms with E-state index in [9.17, 15) is 19.2 Å². The van der Waals surface area contributed by atoms with Crippen LogP contribution in [0.4, 0.5) is 0 Å². The molecule has 6 nitrogen and oxygen atoms in total. The number of carbonyl (C=O) groups excluding carboxylic acids is 4. The van der Waals surface area contributed by atoms with Crippen molar-refractivity contribution in [2.75, 3.05) is 0 Å². The predicted octanol–water partition coefficient (Wildman–Crippen LogP) is 0.909. The summed E-state index contributed by atoms with van der Waals surface area (Å²) in [6.45, 7) is 5.09. The first-order valence-corrected chi connectivity index (χ1v) is 5.67. The SMILES string of the molecule is C=C(C)C(=O)CCCC(=O)ON1C(=O)CCC1=O. The Bertz CT molecular complexity index is 397. The molecule has 0 unspecified atom stereocenters. The number of hydrogen-bond donors (Lipinski definition) is 0. The van der Waals surface area contributed by atoms with Crippen molar-refractivity contribution < 1.29 is 24.0 Å². The van der Waals surface area contributed by atoms with E-state index in [1.165, 1.54) is 0 Å². The Kier molecular flexibility index (Phi) is 4.76. The first kappa shape index (κ1) is 14.1. The highest BCUT2D eigenvalue weighted by Crippen LogP contribution is 2.13. The zero-order chi connectivity index (χ0) is 13.7. The molecule has 0 aliphatic carbocycles. The van der Waals surface area contributed by atoms with Crippen molar-refractivity contribution in [1.29, 1.82) is 0 Å². The standard InChI is InChI=1S/C12H15NO5/c1-8(2)9(14)4-3-5-12(17)18-13-10(15)6-7-11(13)16/h1,3-7H2,2H3. The van der Waals surface area contributed by atoms with E-state index in [4.69, 9.17) is 0 Å². The van der Waals surface area contributed by atoms with Gasteiger partial charge in [-0.1, -0.05) is 6.58 Å². The van der Waals surface area contributed by atoms with Crippen LogP contribution in [0.3, 0.4) is 0 Å². The topological polar surface area (TPSA) is 80.8 Å². The Morgan fingerprint density at radius 1 is 1.22 bits per heavy atom. The molecule has 1 saturated heterocycles. The second kappa shape index (κ2) is 6.09. The van der Waals surface area contributed by atoms with Crippen LogP contribution in [0.1, 0.15) is 39.0 Å². The van der Waals surface area contributed by atoms with Crippen molar-refractivity contribution >= 4 is 23.6 Å². The number of imide groups is 1. The van der Waals surface area contributed by atoms with E-state index in [2.05, 4.69) is 11.4 Å². The van der Waals surface area contributed by atoms with Gasteiger partial charge in [0.2, 0.25) is 0 Å². The maximum Gasteiger partial charge on any atom is 0.333 e. The Morgan fingerprint density at radius 3 is 2.28 bits per heavy atom. The van der Waals surface area contributed by atoms with Crippen LogP contribution in [0.25, 0.3) is 0 Å². The molecule has 98 valence electrons. The predicted molar refractivity (Wildman–Crippen MR) is 60.9 cm³/mol. The smallest absolute Gasteiger partial charge is 0.330 e. The molecule has 2 amide bonds. The van der Waals surface area contributed by atoms with Crippen molar-refractivity contribution in [2.45, 2.75) is 39.0 Å². The van der Waals surface area contributed by atoms with E-state index in [-0.39, 0.29) is 31.5 Å². The van der Waals surface area contributed by atoms with Gasteiger partial charge in [-0.25, -0.2) is 4.79 Å². The molecule has 1 rings (SSSR count). The first-order valence-electron chi connectivity index (χ1n) is 5.67. The molecule has 18 heavy (non-hydrogen) atoms. The minimum Gasteiger partial charge on any atom is -0.330 e. The van der Waals surface area contributed by atoms with E-state index < -0.39 is 17.8 Å². The number of ketones is 1. The third-order valence-corrected chi connectivity index (χ3v) is 2.46. The lowest BCUT2D eigenvalue weighted by atomic mass is 10.1. The summed E-state index contributed by atoms with van der Waals surface area (Å²) in [6, 6.07) is 0. The van der Waals surface area contributed by atoms with E-state index in [1.54, 1.807) is 6.92 Å². The normalized spacial score (nSPS) is 14.8. The minimum absolute atomic E-state index is 0.0178. The van der Waals surface area contributed by atoms with Crippen LogP contribution >= 0.6 is 0 Å². The molecule has 0 aromatic heterocycles. The average Bonchev–Trinajstić information content (AvgIpc) is 2.60. The number of rotatable bonds is 6. The van der Waals surface area contributed by atoms with Gasteiger partial charge in [-0.2, -0.15) is 0 Å². The third kappa shape index (κ3) is 3.80. The van der Waals surface area contributed by atoms with Crippen molar-refractivity contribution in [1.82, 2.24) is 5.06 Å². The van der Waals surface area contributed by atoms with E-state index >= 15 is 0 Å². The Labute approximate surface area is 105 Å². The summed E-state index contributed by atoms with van der Waals surface area (Å²) in [6.07, 6.45) is 0.629. The lowest BCUT2D eigenvalue weighted by Gasteiger charge is -2.12. The molecule has 1 aliphatic rings. The average molecular weight is 253 g/mol. The van der Waals surface area contributed by atoms with E-state index in [0.717, 1.165) is 0 Å². The van der Waals surface area contributed by atoms with Crippen LogP contribution in [-0.2, 0) is 24.0 Å². The molecule has 0 aromatic rings. The molecule has 0 atom stereocenters. The molecule has 1 fully saturated rings. The van der Waals surface area contributed by atoms with Crippen molar-refractivity contribution in [3.05, 3.63) is 12.2 Å². The van der Waals surface area contributed by atoms with Gasteiger partial charge in [-0.3, -0.25) is 14.4 Å². The molecule has 0 saturated carbocycles. The first-order chi connectivity index (χ1) is 8.41. The van der Waals surface area contributed by atoms with Gasteiger partial charge in [0.05, 0.1) is 0 Å². The highest BCUT2D eigenvalue weighted by atomic mass is 16.7.